The summed E-state index contributed by atoms with van der Waals surface area (Å²) in [6, 6.07) is 10.5. The van der Waals surface area contributed by atoms with Gasteiger partial charge < -0.3 is 10.4 Å². The minimum Gasteiger partial charge on any atom is -0.504 e. The first-order valence-corrected chi connectivity index (χ1v) is 10.1. The van der Waals surface area contributed by atoms with Crippen molar-refractivity contribution >= 4 is 33.2 Å². The number of nitrogens with zero attached hydrogens (tertiary/aromatic N) is 1. The first-order valence-electron chi connectivity index (χ1n) is 8.28. The Kier molecular flexibility index (Phi) is 5.50. The number of piperidine rings is 1. The van der Waals surface area contributed by atoms with Crippen molar-refractivity contribution in [1.82, 2.24) is 4.31 Å². The van der Waals surface area contributed by atoms with Gasteiger partial charge in [0.1, 0.15) is 0 Å². The van der Waals surface area contributed by atoms with Crippen molar-refractivity contribution < 1.29 is 18.3 Å². The number of sulfonamides is 1. The molecule has 1 amide bonds. The van der Waals surface area contributed by atoms with E-state index >= 15 is 0 Å². The SMILES string of the molecule is O=C(Nc1cccc(Cl)c1O)c1cccc(S(=O)(=O)N2CCCCC2)c1. The third-order valence-corrected chi connectivity index (χ3v) is 6.48. The molecular weight excluding hydrogens is 376 g/mol. The molecule has 0 saturated carbocycles. The fourth-order valence-corrected chi connectivity index (χ4v) is 4.60. The van der Waals surface area contributed by atoms with Crippen LogP contribution in [0.4, 0.5) is 5.69 Å². The highest BCUT2D eigenvalue weighted by atomic mass is 35.5. The molecule has 0 aromatic heterocycles. The number of benzene rings is 2. The predicted molar refractivity (Wildman–Crippen MR) is 100 cm³/mol. The predicted octanol–water partition coefficient (Wildman–Crippen LogP) is 3.47. The van der Waals surface area contributed by atoms with Gasteiger partial charge in [0.25, 0.3) is 5.91 Å². The molecule has 8 heteroatoms. The van der Waals surface area contributed by atoms with Gasteiger partial charge in [-0.3, -0.25) is 4.79 Å². The zero-order valence-corrected chi connectivity index (χ0v) is 15.6. The number of carbonyl (C=O) groups is 1. The van der Waals surface area contributed by atoms with E-state index in [1.165, 1.54) is 40.7 Å². The number of phenols is 1. The van der Waals surface area contributed by atoms with E-state index in [-0.39, 0.29) is 26.9 Å². The van der Waals surface area contributed by atoms with Crippen LogP contribution >= 0.6 is 11.6 Å². The van der Waals surface area contributed by atoms with Crippen molar-refractivity contribution in [2.75, 3.05) is 18.4 Å². The third kappa shape index (κ3) is 3.85. The van der Waals surface area contributed by atoms with E-state index in [1.54, 1.807) is 6.07 Å². The molecule has 2 N–H and O–H groups in total. The molecule has 0 spiro atoms. The molecule has 0 radical (unpaired) electrons. The van der Waals surface area contributed by atoms with Gasteiger partial charge in [0, 0.05) is 18.7 Å². The number of rotatable bonds is 4. The van der Waals surface area contributed by atoms with Crippen molar-refractivity contribution in [3.05, 3.63) is 53.1 Å². The lowest BCUT2D eigenvalue weighted by atomic mass is 10.2. The summed E-state index contributed by atoms with van der Waals surface area (Å²) in [5, 5.41) is 12.6. The van der Waals surface area contributed by atoms with E-state index in [0.717, 1.165) is 19.3 Å². The minimum atomic E-state index is -3.62. The van der Waals surface area contributed by atoms with Crippen LogP contribution in [0.25, 0.3) is 0 Å². The van der Waals surface area contributed by atoms with Gasteiger partial charge in [-0.15, -0.1) is 0 Å². The number of halogens is 1. The van der Waals surface area contributed by atoms with Gasteiger partial charge in [0.15, 0.2) is 5.75 Å². The maximum Gasteiger partial charge on any atom is 0.255 e. The molecule has 0 unspecified atom stereocenters. The molecule has 26 heavy (non-hydrogen) atoms. The van der Waals surface area contributed by atoms with Gasteiger partial charge in [0.2, 0.25) is 10.0 Å². The number of amides is 1. The number of hydrogen-bond acceptors (Lipinski definition) is 4. The van der Waals surface area contributed by atoms with Crippen LogP contribution in [0, 0.1) is 0 Å². The molecule has 0 atom stereocenters. The molecule has 1 aliphatic heterocycles. The number of para-hydroxylation sites is 1. The molecule has 0 bridgehead atoms. The number of carbonyl (C=O) groups excluding carboxylic acids is 1. The highest BCUT2D eigenvalue weighted by Crippen LogP contribution is 2.31. The molecular formula is C18H19ClN2O4S. The zero-order valence-electron chi connectivity index (χ0n) is 14.0. The van der Waals surface area contributed by atoms with Crippen LogP contribution in [0.5, 0.6) is 5.75 Å². The van der Waals surface area contributed by atoms with Gasteiger partial charge in [-0.2, -0.15) is 4.31 Å². The monoisotopic (exact) mass is 394 g/mol. The topological polar surface area (TPSA) is 86.7 Å². The zero-order chi connectivity index (χ0) is 18.7. The second-order valence-electron chi connectivity index (χ2n) is 6.08. The first-order chi connectivity index (χ1) is 12.4. The molecule has 138 valence electrons. The Morgan fingerprint density at radius 3 is 2.50 bits per heavy atom. The van der Waals surface area contributed by atoms with E-state index < -0.39 is 15.9 Å². The molecule has 3 rings (SSSR count). The largest absolute Gasteiger partial charge is 0.504 e. The molecule has 1 heterocycles. The molecule has 6 nitrogen and oxygen atoms in total. The standard InChI is InChI=1S/C18H19ClN2O4S/c19-15-8-5-9-16(17(15)22)20-18(23)13-6-4-7-14(12-13)26(24,25)21-10-2-1-3-11-21/h4-9,12,22H,1-3,10-11H2,(H,20,23). The van der Waals surface area contributed by atoms with E-state index in [1.807, 2.05) is 0 Å². The van der Waals surface area contributed by atoms with Gasteiger partial charge in [-0.05, 0) is 43.2 Å². The number of aromatic hydroxyl groups is 1. The highest BCUT2D eigenvalue weighted by molar-refractivity contribution is 7.89. The van der Waals surface area contributed by atoms with E-state index in [0.29, 0.717) is 13.1 Å². The molecule has 1 saturated heterocycles. The number of anilines is 1. The second kappa shape index (κ2) is 7.65. The number of phenolic OH excluding ortho intramolecular Hbond substituents is 1. The average molecular weight is 395 g/mol. The molecule has 2 aromatic carbocycles. The van der Waals surface area contributed by atoms with Gasteiger partial charge in [-0.25, -0.2) is 8.42 Å². The minimum absolute atomic E-state index is 0.0855. The second-order valence-corrected chi connectivity index (χ2v) is 8.43. The van der Waals surface area contributed by atoms with E-state index in [9.17, 15) is 18.3 Å². The quantitative estimate of drug-likeness (QED) is 0.777. The number of hydrogen-bond donors (Lipinski definition) is 2. The Bertz CT molecular complexity index is 925. The Morgan fingerprint density at radius 2 is 1.77 bits per heavy atom. The summed E-state index contributed by atoms with van der Waals surface area (Å²) in [5.41, 5.74) is 0.342. The lowest BCUT2D eigenvalue weighted by Crippen LogP contribution is -2.35. The van der Waals surface area contributed by atoms with Crippen LogP contribution in [0.3, 0.4) is 0 Å². The third-order valence-electron chi connectivity index (χ3n) is 4.28. The summed E-state index contributed by atoms with van der Waals surface area (Å²) in [5.74, 6) is -0.766. The lowest BCUT2D eigenvalue weighted by molar-refractivity contribution is 0.102. The van der Waals surface area contributed by atoms with Crippen molar-refractivity contribution in [2.24, 2.45) is 0 Å². The van der Waals surface area contributed by atoms with Crippen LogP contribution in [0.1, 0.15) is 29.6 Å². The first kappa shape index (κ1) is 18.7. The number of nitrogens with one attached hydrogen (secondary N) is 1. The molecule has 1 fully saturated rings. The Morgan fingerprint density at radius 1 is 1.08 bits per heavy atom. The van der Waals surface area contributed by atoms with Crippen molar-refractivity contribution in [2.45, 2.75) is 24.2 Å². The van der Waals surface area contributed by atoms with Crippen molar-refractivity contribution in [3.63, 3.8) is 0 Å². The summed E-state index contributed by atoms with van der Waals surface area (Å²) >= 11 is 5.83. The van der Waals surface area contributed by atoms with Crippen LogP contribution in [0.15, 0.2) is 47.4 Å². The molecule has 0 aliphatic carbocycles. The molecule has 1 aliphatic rings. The van der Waals surface area contributed by atoms with Crippen LogP contribution < -0.4 is 5.32 Å². The van der Waals surface area contributed by atoms with Crippen molar-refractivity contribution in [3.8, 4) is 5.75 Å². The Balaban J connectivity index is 1.84. The van der Waals surface area contributed by atoms with Crippen LogP contribution in [0.2, 0.25) is 5.02 Å². The van der Waals surface area contributed by atoms with Crippen LogP contribution in [-0.4, -0.2) is 36.8 Å². The fraction of sp³-hybridized carbons (Fsp3) is 0.278. The Labute approximate surface area is 157 Å². The average Bonchev–Trinajstić information content (AvgIpc) is 2.66. The molecule has 2 aromatic rings. The van der Waals surface area contributed by atoms with E-state index in [4.69, 9.17) is 11.6 Å². The van der Waals surface area contributed by atoms with Gasteiger partial charge in [0.05, 0.1) is 15.6 Å². The summed E-state index contributed by atoms with van der Waals surface area (Å²) in [7, 11) is -3.62. The summed E-state index contributed by atoms with van der Waals surface area (Å²) in [6.45, 7) is 0.990. The maximum absolute atomic E-state index is 12.8. The van der Waals surface area contributed by atoms with Crippen LogP contribution in [-0.2, 0) is 10.0 Å². The highest BCUT2D eigenvalue weighted by Gasteiger charge is 2.26. The summed E-state index contributed by atoms with van der Waals surface area (Å²) in [4.78, 5) is 12.5. The normalized spacial score (nSPS) is 15.6. The smallest absolute Gasteiger partial charge is 0.255 e. The summed E-state index contributed by atoms with van der Waals surface area (Å²) in [6.07, 6.45) is 2.71. The summed E-state index contributed by atoms with van der Waals surface area (Å²) < 4.78 is 27.0. The van der Waals surface area contributed by atoms with Gasteiger partial charge in [-0.1, -0.05) is 30.2 Å². The van der Waals surface area contributed by atoms with E-state index in [2.05, 4.69) is 5.32 Å². The van der Waals surface area contributed by atoms with Crippen molar-refractivity contribution in [1.29, 1.82) is 0 Å². The lowest BCUT2D eigenvalue weighted by Gasteiger charge is -2.26. The maximum atomic E-state index is 12.8. The van der Waals surface area contributed by atoms with Gasteiger partial charge >= 0.3 is 0 Å². The Hall–Kier alpha value is -2.09. The fourth-order valence-electron chi connectivity index (χ4n) is 2.86.